The van der Waals surface area contributed by atoms with Gasteiger partial charge in [-0.2, -0.15) is 5.48 Å². The Hall–Kier alpha value is -2.25. The number of imidazole rings is 1. The van der Waals surface area contributed by atoms with Crippen molar-refractivity contribution in [2.24, 2.45) is 0 Å². The summed E-state index contributed by atoms with van der Waals surface area (Å²) in [5.74, 6) is 1.61. The molecule has 0 fully saturated rings. The van der Waals surface area contributed by atoms with Gasteiger partial charge in [-0.1, -0.05) is 31.4 Å². The van der Waals surface area contributed by atoms with Gasteiger partial charge in [0.05, 0.1) is 36.3 Å². The molecule has 0 spiro atoms. The third-order valence-electron chi connectivity index (χ3n) is 5.94. The van der Waals surface area contributed by atoms with Gasteiger partial charge in [0.25, 0.3) is 0 Å². The molecule has 0 unspecified atom stereocenters. The minimum Gasteiger partial charge on any atom is -0.387 e. The Morgan fingerprint density at radius 3 is 2.62 bits per heavy atom. The Bertz CT molecular complexity index is 1230. The first-order valence-electron chi connectivity index (χ1n) is 12.6. The molecular weight excluding hydrogens is 583 g/mol. The van der Waals surface area contributed by atoms with Crippen molar-refractivity contribution >= 4 is 50.8 Å². The monoisotopic (exact) mass is 622 g/mol. The van der Waals surface area contributed by atoms with E-state index < -0.39 is 5.60 Å². The Labute approximate surface area is 233 Å². The van der Waals surface area contributed by atoms with E-state index in [-0.39, 0.29) is 0 Å². The van der Waals surface area contributed by atoms with Gasteiger partial charge in [0, 0.05) is 43.4 Å². The minimum absolute atomic E-state index is 0.402. The number of rotatable bonds is 16. The highest BCUT2D eigenvalue weighted by molar-refractivity contribution is 14.1. The molecule has 9 nitrogen and oxygen atoms in total. The van der Waals surface area contributed by atoms with Gasteiger partial charge in [-0.25, -0.2) is 9.97 Å². The van der Waals surface area contributed by atoms with Crippen LogP contribution in [0.4, 0.5) is 5.82 Å². The highest BCUT2D eigenvalue weighted by Crippen LogP contribution is 2.34. The van der Waals surface area contributed by atoms with Crippen molar-refractivity contribution in [2.75, 3.05) is 38.3 Å². The smallest absolute Gasteiger partial charge is 0.161 e. The van der Waals surface area contributed by atoms with Gasteiger partial charge in [0.1, 0.15) is 41.0 Å². The highest BCUT2D eigenvalue weighted by atomic mass is 127. The van der Waals surface area contributed by atoms with E-state index in [0.717, 1.165) is 45.0 Å². The minimum atomic E-state index is -0.402. The third kappa shape index (κ3) is 7.41. The lowest BCUT2D eigenvalue weighted by Crippen LogP contribution is -2.28. The standard InChI is InChI=1S/C27H39IN6O3/c1-8-35-17-23-32-24-25(34(23)18-27(5,6)37-28)21-12-10-11-13-22(21)31-26(24)33(7)20(4)14-15-29-19(3)16-30-36-9-2/h10-13,29-30H,3-4,8-9,14-18H2,1-2,5-7H3. The maximum Gasteiger partial charge on any atom is 0.161 e. The number of anilines is 1. The lowest BCUT2D eigenvalue weighted by Gasteiger charge is -2.24. The molecule has 0 radical (unpaired) electrons. The number of hydroxylamine groups is 1. The molecule has 2 N–H and O–H groups in total. The summed E-state index contributed by atoms with van der Waals surface area (Å²) in [6.45, 7) is 19.9. The van der Waals surface area contributed by atoms with Gasteiger partial charge < -0.3 is 27.4 Å². The second kappa shape index (κ2) is 13.5. The largest absolute Gasteiger partial charge is 0.387 e. The van der Waals surface area contributed by atoms with Gasteiger partial charge in [-0.3, -0.25) is 0 Å². The molecule has 0 amide bonds. The number of nitrogens with zero attached hydrogens (tertiary/aromatic N) is 4. The van der Waals surface area contributed by atoms with Crippen molar-refractivity contribution in [2.45, 2.75) is 52.9 Å². The van der Waals surface area contributed by atoms with E-state index in [1.54, 1.807) is 0 Å². The fraction of sp³-hybridized carbons (Fsp3) is 0.481. The van der Waals surface area contributed by atoms with Crippen molar-refractivity contribution < 1.29 is 12.6 Å². The van der Waals surface area contributed by atoms with Crippen LogP contribution in [-0.2, 0) is 25.8 Å². The lowest BCUT2D eigenvalue weighted by molar-refractivity contribution is 0.0563. The summed E-state index contributed by atoms with van der Waals surface area (Å²) in [5.41, 5.74) is 6.97. The van der Waals surface area contributed by atoms with Crippen molar-refractivity contribution in [1.29, 1.82) is 0 Å². The normalized spacial score (nSPS) is 11.8. The van der Waals surface area contributed by atoms with Gasteiger partial charge in [-0.15, -0.1) is 0 Å². The summed E-state index contributed by atoms with van der Waals surface area (Å²) in [4.78, 5) is 17.3. The van der Waals surface area contributed by atoms with Gasteiger partial charge in [-0.05, 0) is 33.8 Å². The molecule has 2 heterocycles. The van der Waals surface area contributed by atoms with E-state index in [2.05, 4.69) is 48.4 Å². The first kappa shape index (κ1) is 29.3. The van der Waals surface area contributed by atoms with Crippen LogP contribution in [0.2, 0.25) is 0 Å². The van der Waals surface area contributed by atoms with E-state index in [9.17, 15) is 0 Å². The third-order valence-corrected chi connectivity index (χ3v) is 7.13. The predicted octanol–water partition coefficient (Wildman–Crippen LogP) is 5.25. The average Bonchev–Trinajstić information content (AvgIpc) is 3.24. The number of halogens is 1. The zero-order valence-electron chi connectivity index (χ0n) is 22.6. The van der Waals surface area contributed by atoms with Crippen LogP contribution in [0.5, 0.6) is 0 Å². The lowest BCUT2D eigenvalue weighted by atomic mass is 10.1. The first-order valence-corrected chi connectivity index (χ1v) is 13.4. The van der Waals surface area contributed by atoms with Gasteiger partial charge >= 0.3 is 0 Å². The molecule has 0 atom stereocenters. The summed E-state index contributed by atoms with van der Waals surface area (Å²) >= 11 is 1.97. The number of hydrogen-bond acceptors (Lipinski definition) is 8. The van der Waals surface area contributed by atoms with E-state index in [0.29, 0.717) is 45.9 Å². The second-order valence-corrected chi connectivity index (χ2v) is 9.84. The SMILES string of the molecule is C=C(CNOCC)NCCC(=C)N(C)c1nc2ccccc2c2c1nc(COCC)n2CC(C)(C)OI. The maximum atomic E-state index is 5.80. The molecule has 202 valence electrons. The maximum absolute atomic E-state index is 5.80. The number of nitrogens with one attached hydrogen (secondary N) is 2. The molecule has 2 aromatic heterocycles. The van der Waals surface area contributed by atoms with E-state index in [4.69, 9.17) is 22.6 Å². The summed E-state index contributed by atoms with van der Waals surface area (Å²) < 4.78 is 13.8. The average molecular weight is 623 g/mol. The number of pyridine rings is 1. The molecule has 0 aliphatic rings. The summed E-state index contributed by atoms with van der Waals surface area (Å²) in [6.07, 6.45) is 0.711. The van der Waals surface area contributed by atoms with Crippen molar-refractivity contribution in [3.8, 4) is 0 Å². The fourth-order valence-electron chi connectivity index (χ4n) is 3.98. The first-order chi connectivity index (χ1) is 17.7. The molecule has 0 saturated carbocycles. The number of para-hydroxylation sites is 1. The molecular formula is C27H39IN6O3. The van der Waals surface area contributed by atoms with Crippen molar-refractivity contribution in [1.82, 2.24) is 25.3 Å². The van der Waals surface area contributed by atoms with E-state index in [1.165, 1.54) is 0 Å². The van der Waals surface area contributed by atoms with Crippen molar-refractivity contribution in [3.05, 3.63) is 54.6 Å². The van der Waals surface area contributed by atoms with E-state index in [1.807, 2.05) is 67.0 Å². The van der Waals surface area contributed by atoms with Crippen LogP contribution in [-0.4, -0.2) is 53.5 Å². The van der Waals surface area contributed by atoms with Gasteiger partial charge in [0.2, 0.25) is 0 Å². The molecule has 0 aliphatic carbocycles. The number of aromatic nitrogens is 3. The topological polar surface area (TPSA) is 85.7 Å². The summed E-state index contributed by atoms with van der Waals surface area (Å²) in [7, 11) is 1.99. The molecule has 0 saturated heterocycles. The Kier molecular flexibility index (Phi) is 10.7. The van der Waals surface area contributed by atoms with Crippen LogP contribution in [0.25, 0.3) is 21.9 Å². The molecule has 3 rings (SSSR count). The van der Waals surface area contributed by atoms with Crippen LogP contribution in [0.15, 0.2) is 48.8 Å². The van der Waals surface area contributed by atoms with Crippen LogP contribution in [0, 0.1) is 0 Å². The van der Waals surface area contributed by atoms with Crippen LogP contribution in [0.1, 0.15) is 39.9 Å². The van der Waals surface area contributed by atoms with Gasteiger partial charge in [0.15, 0.2) is 5.82 Å². The van der Waals surface area contributed by atoms with Crippen LogP contribution >= 0.6 is 23.0 Å². The highest BCUT2D eigenvalue weighted by Gasteiger charge is 2.26. The second-order valence-electron chi connectivity index (χ2n) is 9.40. The fourth-order valence-corrected chi connectivity index (χ4v) is 4.12. The number of ether oxygens (including phenoxy) is 1. The number of benzene rings is 1. The number of hydrogen-bond donors (Lipinski definition) is 2. The van der Waals surface area contributed by atoms with Crippen molar-refractivity contribution in [3.63, 3.8) is 0 Å². The summed E-state index contributed by atoms with van der Waals surface area (Å²) in [5, 5.41) is 4.36. The molecule has 37 heavy (non-hydrogen) atoms. The Balaban J connectivity index is 1.97. The molecule has 10 heteroatoms. The predicted molar refractivity (Wildman–Crippen MR) is 158 cm³/mol. The number of fused-ring (bicyclic) bond motifs is 3. The Morgan fingerprint density at radius 2 is 1.92 bits per heavy atom. The van der Waals surface area contributed by atoms with E-state index >= 15 is 0 Å². The molecule has 1 aromatic carbocycles. The van der Waals surface area contributed by atoms with Crippen LogP contribution < -0.4 is 15.7 Å². The quantitative estimate of drug-likeness (QED) is 0.127. The molecule has 0 bridgehead atoms. The zero-order chi connectivity index (χ0) is 27.0. The molecule has 0 aliphatic heterocycles. The molecule has 3 aromatic rings. The summed E-state index contributed by atoms with van der Waals surface area (Å²) in [6, 6.07) is 8.16. The van der Waals surface area contributed by atoms with Crippen LogP contribution in [0.3, 0.4) is 0 Å². The Morgan fingerprint density at radius 1 is 1.16 bits per heavy atom. The zero-order valence-corrected chi connectivity index (χ0v) is 24.7.